The zero-order valence-corrected chi connectivity index (χ0v) is 16.3. The van der Waals surface area contributed by atoms with E-state index in [-0.39, 0.29) is 10.9 Å². The second-order valence-corrected chi connectivity index (χ2v) is 8.16. The van der Waals surface area contributed by atoms with Crippen LogP contribution in [0.1, 0.15) is 31.9 Å². The number of nitrogens with zero attached hydrogens (tertiary/aromatic N) is 1. The van der Waals surface area contributed by atoms with Crippen molar-refractivity contribution in [2.45, 2.75) is 44.6 Å². The molecule has 1 aliphatic rings. The standard InChI is InChI=1S/C18H29N3O2S/c1-12-7-13-8-15(22-5)14(9-16(13)23-12)10-20-17(19-4)21-11-18(2,3)24-6/h8-9,12H,7,10-11H2,1-6H3,(H2,19,20,21). The molecule has 1 atom stereocenters. The first kappa shape index (κ1) is 18.8. The fraction of sp³-hybridized carbons (Fsp3) is 0.611. The molecule has 0 spiro atoms. The van der Waals surface area contributed by atoms with E-state index in [1.165, 1.54) is 5.56 Å². The zero-order valence-electron chi connectivity index (χ0n) is 15.5. The third kappa shape index (κ3) is 4.72. The summed E-state index contributed by atoms with van der Waals surface area (Å²) in [7, 11) is 3.49. The van der Waals surface area contributed by atoms with Gasteiger partial charge in [0.1, 0.15) is 17.6 Å². The van der Waals surface area contributed by atoms with Crippen molar-refractivity contribution in [3.05, 3.63) is 23.3 Å². The highest BCUT2D eigenvalue weighted by atomic mass is 32.2. The molecule has 5 nitrogen and oxygen atoms in total. The highest BCUT2D eigenvalue weighted by Gasteiger charge is 2.22. The third-order valence-electron chi connectivity index (χ3n) is 4.20. The Morgan fingerprint density at radius 1 is 1.42 bits per heavy atom. The number of ether oxygens (including phenoxy) is 2. The van der Waals surface area contributed by atoms with Crippen LogP contribution in [-0.2, 0) is 13.0 Å². The first-order valence-corrected chi connectivity index (χ1v) is 9.47. The van der Waals surface area contributed by atoms with E-state index in [1.54, 1.807) is 14.2 Å². The molecule has 24 heavy (non-hydrogen) atoms. The molecule has 0 aliphatic carbocycles. The molecule has 0 radical (unpaired) electrons. The van der Waals surface area contributed by atoms with Crippen LogP contribution in [0.5, 0.6) is 11.5 Å². The number of hydrogen-bond donors (Lipinski definition) is 2. The van der Waals surface area contributed by atoms with Crippen molar-refractivity contribution in [1.29, 1.82) is 0 Å². The minimum absolute atomic E-state index is 0.160. The molecule has 1 aromatic carbocycles. The van der Waals surface area contributed by atoms with Gasteiger partial charge in [0.05, 0.1) is 7.11 Å². The predicted molar refractivity (Wildman–Crippen MR) is 103 cm³/mol. The molecule has 1 heterocycles. The molecule has 0 amide bonds. The largest absolute Gasteiger partial charge is 0.496 e. The van der Waals surface area contributed by atoms with E-state index in [2.05, 4.69) is 54.8 Å². The number of guanidine groups is 1. The Morgan fingerprint density at radius 3 is 2.79 bits per heavy atom. The summed E-state index contributed by atoms with van der Waals surface area (Å²) in [5.41, 5.74) is 2.28. The van der Waals surface area contributed by atoms with Gasteiger partial charge in [-0.1, -0.05) is 0 Å². The number of benzene rings is 1. The summed E-state index contributed by atoms with van der Waals surface area (Å²) in [6, 6.07) is 4.16. The van der Waals surface area contributed by atoms with E-state index in [0.29, 0.717) is 6.54 Å². The summed E-state index contributed by atoms with van der Waals surface area (Å²) in [5, 5.41) is 6.73. The van der Waals surface area contributed by atoms with Gasteiger partial charge in [-0.25, -0.2) is 0 Å². The van der Waals surface area contributed by atoms with Crippen LogP contribution in [0.4, 0.5) is 0 Å². The van der Waals surface area contributed by atoms with Crippen molar-refractivity contribution >= 4 is 17.7 Å². The number of methoxy groups -OCH3 is 1. The molecule has 2 rings (SSSR count). The normalized spacial score (nSPS) is 17.2. The summed E-state index contributed by atoms with van der Waals surface area (Å²) in [6.45, 7) is 7.98. The van der Waals surface area contributed by atoms with Gasteiger partial charge < -0.3 is 20.1 Å². The molecule has 0 saturated carbocycles. The van der Waals surface area contributed by atoms with E-state index in [0.717, 1.165) is 36.0 Å². The number of aliphatic imine (C=N–C) groups is 1. The minimum atomic E-state index is 0.160. The van der Waals surface area contributed by atoms with Crippen LogP contribution in [0.2, 0.25) is 0 Å². The van der Waals surface area contributed by atoms with Crippen LogP contribution in [0, 0.1) is 0 Å². The van der Waals surface area contributed by atoms with Gasteiger partial charge in [0.25, 0.3) is 0 Å². The van der Waals surface area contributed by atoms with Gasteiger partial charge in [0.15, 0.2) is 5.96 Å². The van der Waals surface area contributed by atoms with E-state index in [1.807, 2.05) is 11.8 Å². The maximum atomic E-state index is 5.85. The summed E-state index contributed by atoms with van der Waals surface area (Å²) in [5.74, 6) is 2.64. The Kier molecular flexibility index (Phi) is 6.27. The first-order valence-electron chi connectivity index (χ1n) is 8.24. The molecule has 0 aromatic heterocycles. The Hall–Kier alpha value is -1.56. The van der Waals surface area contributed by atoms with Crippen molar-refractivity contribution in [1.82, 2.24) is 10.6 Å². The van der Waals surface area contributed by atoms with Gasteiger partial charge in [-0.2, -0.15) is 11.8 Å². The van der Waals surface area contributed by atoms with Gasteiger partial charge in [-0.3, -0.25) is 4.99 Å². The number of rotatable bonds is 6. The SMILES string of the molecule is CN=C(NCc1cc2c(cc1OC)CC(C)O2)NCC(C)(C)SC. The number of hydrogen-bond acceptors (Lipinski definition) is 4. The Balaban J connectivity index is 2.01. The molecular formula is C18H29N3O2S. The highest BCUT2D eigenvalue weighted by Crippen LogP contribution is 2.34. The summed E-state index contributed by atoms with van der Waals surface area (Å²) in [4.78, 5) is 4.29. The van der Waals surface area contributed by atoms with Gasteiger partial charge in [-0.05, 0) is 39.2 Å². The molecular weight excluding hydrogens is 322 g/mol. The van der Waals surface area contributed by atoms with Crippen LogP contribution in [0.25, 0.3) is 0 Å². The van der Waals surface area contributed by atoms with E-state index < -0.39 is 0 Å². The van der Waals surface area contributed by atoms with E-state index >= 15 is 0 Å². The fourth-order valence-corrected chi connectivity index (χ4v) is 2.79. The summed E-state index contributed by atoms with van der Waals surface area (Å²) < 4.78 is 11.6. The van der Waals surface area contributed by atoms with Crippen molar-refractivity contribution in [2.75, 3.05) is 27.0 Å². The number of nitrogens with one attached hydrogen (secondary N) is 2. The van der Waals surface area contributed by atoms with Crippen molar-refractivity contribution < 1.29 is 9.47 Å². The topological polar surface area (TPSA) is 54.9 Å². The zero-order chi connectivity index (χ0) is 17.7. The molecule has 6 heteroatoms. The van der Waals surface area contributed by atoms with Crippen LogP contribution in [-0.4, -0.2) is 43.8 Å². The van der Waals surface area contributed by atoms with Crippen molar-refractivity contribution in [3.63, 3.8) is 0 Å². The second-order valence-electron chi connectivity index (χ2n) is 6.65. The Morgan fingerprint density at radius 2 is 2.17 bits per heavy atom. The molecule has 1 unspecified atom stereocenters. The fourth-order valence-electron chi connectivity index (χ4n) is 2.58. The monoisotopic (exact) mass is 351 g/mol. The lowest BCUT2D eigenvalue weighted by molar-refractivity contribution is 0.254. The van der Waals surface area contributed by atoms with E-state index in [4.69, 9.17) is 9.47 Å². The number of fused-ring (bicyclic) bond motifs is 1. The van der Waals surface area contributed by atoms with Gasteiger partial charge in [-0.15, -0.1) is 0 Å². The molecule has 0 saturated heterocycles. The number of thioether (sulfide) groups is 1. The molecule has 2 N–H and O–H groups in total. The average molecular weight is 352 g/mol. The quantitative estimate of drug-likeness (QED) is 0.610. The predicted octanol–water partition coefficient (Wildman–Crippen LogP) is 2.83. The Labute approximate surface area is 149 Å². The molecule has 0 fully saturated rings. The Bertz CT molecular complexity index is 602. The molecule has 1 aliphatic heterocycles. The third-order valence-corrected chi connectivity index (χ3v) is 5.45. The van der Waals surface area contributed by atoms with E-state index in [9.17, 15) is 0 Å². The molecule has 1 aromatic rings. The lowest BCUT2D eigenvalue weighted by Gasteiger charge is -2.24. The van der Waals surface area contributed by atoms with Crippen molar-refractivity contribution in [3.8, 4) is 11.5 Å². The molecule has 0 bridgehead atoms. The molecule has 134 valence electrons. The van der Waals surface area contributed by atoms with Gasteiger partial charge in [0, 0.05) is 42.4 Å². The maximum Gasteiger partial charge on any atom is 0.191 e. The first-order chi connectivity index (χ1) is 11.4. The minimum Gasteiger partial charge on any atom is -0.496 e. The smallest absolute Gasteiger partial charge is 0.191 e. The average Bonchev–Trinajstić information content (AvgIpc) is 2.92. The summed E-state index contributed by atoms with van der Waals surface area (Å²) >= 11 is 1.83. The van der Waals surface area contributed by atoms with Gasteiger partial charge >= 0.3 is 0 Å². The highest BCUT2D eigenvalue weighted by molar-refractivity contribution is 7.99. The van der Waals surface area contributed by atoms with Crippen LogP contribution < -0.4 is 20.1 Å². The lowest BCUT2D eigenvalue weighted by Crippen LogP contribution is -2.43. The lowest BCUT2D eigenvalue weighted by atomic mass is 10.1. The maximum absolute atomic E-state index is 5.85. The van der Waals surface area contributed by atoms with Crippen LogP contribution in [0.15, 0.2) is 17.1 Å². The van der Waals surface area contributed by atoms with Crippen LogP contribution in [0.3, 0.4) is 0 Å². The second kappa shape index (κ2) is 8.01. The summed E-state index contributed by atoms with van der Waals surface area (Å²) in [6.07, 6.45) is 3.29. The van der Waals surface area contributed by atoms with Crippen LogP contribution >= 0.6 is 11.8 Å². The van der Waals surface area contributed by atoms with Gasteiger partial charge in [0.2, 0.25) is 0 Å². The van der Waals surface area contributed by atoms with Crippen molar-refractivity contribution in [2.24, 2.45) is 4.99 Å².